The molecular weight excluding hydrogens is 234 g/mol. The lowest BCUT2D eigenvalue weighted by Crippen LogP contribution is -2.34. The fraction of sp³-hybridized carbons (Fsp3) is 0.444. The number of furan rings is 1. The second-order valence-electron chi connectivity index (χ2n) is 2.90. The van der Waals surface area contributed by atoms with Gasteiger partial charge in [-0.05, 0) is 24.5 Å². The average molecular weight is 247 g/mol. The van der Waals surface area contributed by atoms with Crippen molar-refractivity contribution >= 4 is 30.4 Å². The van der Waals surface area contributed by atoms with Gasteiger partial charge in [0.15, 0.2) is 0 Å². The van der Waals surface area contributed by atoms with Crippen molar-refractivity contribution in [1.82, 2.24) is 0 Å². The van der Waals surface area contributed by atoms with E-state index in [0.29, 0.717) is 11.3 Å². The number of esters is 1. The smallest absolute Gasteiger partial charge is 0.330 e. The van der Waals surface area contributed by atoms with Crippen molar-refractivity contribution in [2.75, 3.05) is 12.0 Å². The molecule has 1 rings (SSSR count). The molecule has 0 aliphatic rings. The molecule has 84 valence electrons. The molecule has 1 aromatic heterocycles. The highest BCUT2D eigenvalue weighted by molar-refractivity contribution is 7.98. The maximum Gasteiger partial charge on any atom is 0.330 e. The van der Waals surface area contributed by atoms with E-state index in [0.717, 1.165) is 5.75 Å². The predicted octanol–water partition coefficient (Wildman–Crippen LogP) is 1.55. The summed E-state index contributed by atoms with van der Waals surface area (Å²) in [5.41, 5.74) is 5.62. The summed E-state index contributed by atoms with van der Waals surface area (Å²) in [4.78, 5) is 11.9. The number of thiol groups is 1. The summed E-state index contributed by atoms with van der Waals surface area (Å²) in [6.07, 6.45) is 3.94. The predicted molar refractivity (Wildman–Crippen MR) is 62.6 cm³/mol. The number of hydrogen-bond acceptors (Lipinski definition) is 6. The molecule has 0 spiro atoms. The van der Waals surface area contributed by atoms with Gasteiger partial charge in [0.05, 0.1) is 11.2 Å². The molecule has 1 heterocycles. The first kappa shape index (κ1) is 12.5. The van der Waals surface area contributed by atoms with Crippen LogP contribution in [0.25, 0.3) is 0 Å². The number of rotatable bonds is 5. The molecule has 15 heavy (non-hydrogen) atoms. The van der Waals surface area contributed by atoms with Gasteiger partial charge < -0.3 is 14.9 Å². The molecule has 1 aromatic rings. The largest absolute Gasteiger partial charge is 0.433 e. The highest BCUT2D eigenvalue weighted by Crippen LogP contribution is 2.23. The third-order valence-corrected chi connectivity index (χ3v) is 2.71. The zero-order valence-electron chi connectivity index (χ0n) is 8.30. The summed E-state index contributed by atoms with van der Waals surface area (Å²) >= 11 is 5.68. The molecule has 0 amide bonds. The van der Waals surface area contributed by atoms with Crippen LogP contribution in [0.15, 0.2) is 21.6 Å². The van der Waals surface area contributed by atoms with Gasteiger partial charge >= 0.3 is 11.9 Å². The van der Waals surface area contributed by atoms with E-state index in [2.05, 4.69) is 12.6 Å². The summed E-state index contributed by atoms with van der Waals surface area (Å²) in [5, 5.41) is 0. The fourth-order valence-electron chi connectivity index (χ4n) is 0.895. The molecule has 2 N–H and O–H groups in total. The van der Waals surface area contributed by atoms with E-state index >= 15 is 0 Å². The van der Waals surface area contributed by atoms with Crippen molar-refractivity contribution in [3.63, 3.8) is 0 Å². The number of thioether (sulfide) groups is 1. The first-order valence-corrected chi connectivity index (χ1v) is 6.22. The molecule has 0 aliphatic heterocycles. The topological polar surface area (TPSA) is 65.5 Å². The monoisotopic (exact) mass is 247 g/mol. The van der Waals surface area contributed by atoms with Crippen LogP contribution in [-0.4, -0.2) is 24.0 Å². The van der Waals surface area contributed by atoms with Gasteiger partial charge in [-0.3, -0.25) is 0 Å². The first-order valence-electron chi connectivity index (χ1n) is 4.37. The summed E-state index contributed by atoms with van der Waals surface area (Å²) in [7, 11) is 0. The third-order valence-electron chi connectivity index (χ3n) is 1.74. The van der Waals surface area contributed by atoms with Crippen molar-refractivity contribution in [3.05, 3.63) is 12.3 Å². The second kappa shape index (κ2) is 6.09. The molecule has 0 fully saturated rings. The Morgan fingerprint density at radius 2 is 2.53 bits per heavy atom. The van der Waals surface area contributed by atoms with E-state index in [9.17, 15) is 4.79 Å². The summed E-state index contributed by atoms with van der Waals surface area (Å²) in [6.45, 7) is 0. The molecule has 0 aromatic carbocycles. The highest BCUT2D eigenvalue weighted by Gasteiger charge is 2.18. The van der Waals surface area contributed by atoms with E-state index in [1.165, 1.54) is 6.26 Å². The van der Waals surface area contributed by atoms with Crippen LogP contribution in [0.3, 0.4) is 0 Å². The Kier molecular flexibility index (Phi) is 5.07. The van der Waals surface area contributed by atoms with Gasteiger partial charge in [0.1, 0.15) is 6.04 Å². The van der Waals surface area contributed by atoms with Gasteiger partial charge in [0, 0.05) is 0 Å². The Morgan fingerprint density at radius 3 is 3.07 bits per heavy atom. The van der Waals surface area contributed by atoms with Crippen LogP contribution in [-0.2, 0) is 4.79 Å². The van der Waals surface area contributed by atoms with Crippen LogP contribution in [0.1, 0.15) is 6.42 Å². The maximum atomic E-state index is 11.4. The van der Waals surface area contributed by atoms with Crippen molar-refractivity contribution < 1.29 is 13.9 Å². The lowest BCUT2D eigenvalue weighted by molar-refractivity contribution is -0.137. The highest BCUT2D eigenvalue weighted by atomic mass is 32.2. The van der Waals surface area contributed by atoms with Crippen LogP contribution < -0.4 is 10.5 Å². The minimum atomic E-state index is -0.615. The Bertz CT molecular complexity index is 327. The SMILES string of the molecule is CSCCC(N)C(=O)Oc1occc1S. The van der Waals surface area contributed by atoms with Crippen molar-refractivity contribution in [2.24, 2.45) is 5.73 Å². The lowest BCUT2D eigenvalue weighted by atomic mass is 10.2. The van der Waals surface area contributed by atoms with Crippen LogP contribution in [0.2, 0.25) is 0 Å². The van der Waals surface area contributed by atoms with Gasteiger partial charge in [0.25, 0.3) is 0 Å². The van der Waals surface area contributed by atoms with Gasteiger partial charge in [-0.2, -0.15) is 11.8 Å². The van der Waals surface area contributed by atoms with Crippen molar-refractivity contribution in [2.45, 2.75) is 17.4 Å². The fourth-order valence-corrected chi connectivity index (χ4v) is 1.54. The maximum absolute atomic E-state index is 11.4. The van der Waals surface area contributed by atoms with Gasteiger partial charge in [-0.1, -0.05) is 0 Å². The number of nitrogens with two attached hydrogens (primary N) is 1. The normalized spacial score (nSPS) is 12.5. The lowest BCUT2D eigenvalue weighted by Gasteiger charge is -2.08. The van der Waals surface area contributed by atoms with Gasteiger partial charge in [-0.25, -0.2) is 4.79 Å². The Hall–Kier alpha value is -0.590. The van der Waals surface area contributed by atoms with Gasteiger partial charge in [-0.15, -0.1) is 12.6 Å². The number of carbonyl (C=O) groups is 1. The van der Waals surface area contributed by atoms with E-state index in [-0.39, 0.29) is 5.95 Å². The zero-order chi connectivity index (χ0) is 11.3. The quantitative estimate of drug-likeness (QED) is 0.610. The van der Waals surface area contributed by atoms with Crippen LogP contribution >= 0.6 is 24.4 Å². The Morgan fingerprint density at radius 1 is 1.80 bits per heavy atom. The van der Waals surface area contributed by atoms with E-state index in [1.807, 2.05) is 6.26 Å². The zero-order valence-corrected chi connectivity index (χ0v) is 10.0. The molecule has 1 atom stereocenters. The van der Waals surface area contributed by atoms with Crippen LogP contribution in [0.5, 0.6) is 5.95 Å². The average Bonchev–Trinajstić information content (AvgIpc) is 2.61. The van der Waals surface area contributed by atoms with Crippen molar-refractivity contribution in [1.29, 1.82) is 0 Å². The summed E-state index contributed by atoms with van der Waals surface area (Å²) in [6, 6.07) is 0.981. The summed E-state index contributed by atoms with van der Waals surface area (Å²) in [5.74, 6) is 0.430. The van der Waals surface area contributed by atoms with E-state index < -0.39 is 12.0 Å². The molecular formula is C9H13NO3S2. The number of carbonyl (C=O) groups excluding carboxylic acids is 1. The molecule has 1 unspecified atom stereocenters. The van der Waals surface area contributed by atoms with Crippen molar-refractivity contribution in [3.8, 4) is 5.95 Å². The number of ether oxygens (including phenoxy) is 1. The molecule has 4 nitrogen and oxygen atoms in total. The number of hydrogen-bond donors (Lipinski definition) is 2. The summed E-state index contributed by atoms with van der Waals surface area (Å²) < 4.78 is 9.84. The molecule has 0 bridgehead atoms. The van der Waals surface area contributed by atoms with Crippen LogP contribution in [0, 0.1) is 0 Å². The van der Waals surface area contributed by atoms with E-state index in [1.54, 1.807) is 17.8 Å². The molecule has 0 saturated carbocycles. The minimum absolute atomic E-state index is 0.0999. The van der Waals surface area contributed by atoms with Crippen LogP contribution in [0.4, 0.5) is 0 Å². The van der Waals surface area contributed by atoms with E-state index in [4.69, 9.17) is 14.9 Å². The Balaban J connectivity index is 2.45. The second-order valence-corrected chi connectivity index (χ2v) is 4.37. The third kappa shape index (κ3) is 3.81. The molecule has 6 heteroatoms. The molecule has 0 radical (unpaired) electrons. The standard InChI is InChI=1S/C9H13NO3S2/c1-15-5-3-6(10)8(11)13-9-7(14)2-4-12-9/h2,4,6,14H,3,5,10H2,1H3. The molecule has 0 aliphatic carbocycles. The first-order chi connectivity index (χ1) is 7.15. The van der Waals surface area contributed by atoms with Gasteiger partial charge in [0.2, 0.25) is 0 Å². The minimum Gasteiger partial charge on any atom is -0.433 e. The Labute approximate surface area is 97.9 Å². The molecule has 0 saturated heterocycles.